The van der Waals surface area contributed by atoms with Crippen LogP contribution in [0.5, 0.6) is 0 Å². The van der Waals surface area contributed by atoms with Gasteiger partial charge in [-0.3, -0.25) is 0 Å². The molecule has 0 heterocycles. The van der Waals surface area contributed by atoms with Crippen molar-refractivity contribution in [2.75, 3.05) is 6.61 Å². The van der Waals surface area contributed by atoms with Crippen LogP contribution in [0.2, 0.25) is 0 Å². The van der Waals surface area contributed by atoms with E-state index in [-0.39, 0.29) is 19.6 Å². The molecule has 0 saturated heterocycles. The van der Waals surface area contributed by atoms with E-state index >= 15 is 0 Å². The molecule has 1 atom stereocenters. The molecule has 6 nitrogen and oxygen atoms in total. The van der Waals surface area contributed by atoms with Crippen molar-refractivity contribution in [3.63, 3.8) is 0 Å². The van der Waals surface area contributed by atoms with E-state index in [2.05, 4.69) is 5.32 Å². The number of aliphatic hydroxyl groups is 1. The second-order valence-corrected chi connectivity index (χ2v) is 3.99. The molecule has 3 N–H and O–H groups in total. The van der Waals surface area contributed by atoms with Gasteiger partial charge in [0.05, 0.1) is 6.61 Å². The van der Waals surface area contributed by atoms with Crippen molar-refractivity contribution in [3.05, 3.63) is 48.0 Å². The van der Waals surface area contributed by atoms with E-state index in [1.54, 1.807) is 12.1 Å². The first-order valence-corrected chi connectivity index (χ1v) is 6.09. The van der Waals surface area contributed by atoms with E-state index in [1.807, 2.05) is 18.2 Å². The van der Waals surface area contributed by atoms with E-state index in [4.69, 9.17) is 14.9 Å². The zero-order chi connectivity index (χ0) is 14.8. The van der Waals surface area contributed by atoms with Crippen LogP contribution >= 0.6 is 0 Å². The molecule has 0 saturated carbocycles. The molecule has 0 aliphatic carbocycles. The van der Waals surface area contributed by atoms with Gasteiger partial charge in [0.25, 0.3) is 0 Å². The Morgan fingerprint density at radius 2 is 1.95 bits per heavy atom. The van der Waals surface area contributed by atoms with Gasteiger partial charge in [0.15, 0.2) is 0 Å². The van der Waals surface area contributed by atoms with Crippen molar-refractivity contribution in [3.8, 4) is 0 Å². The summed E-state index contributed by atoms with van der Waals surface area (Å²) < 4.78 is 4.93. The molecular formula is C14H17NO5. The number of hydrogen-bond acceptors (Lipinski definition) is 4. The molecule has 1 amide bonds. The molecule has 0 spiro atoms. The van der Waals surface area contributed by atoms with Crippen molar-refractivity contribution < 1.29 is 24.5 Å². The smallest absolute Gasteiger partial charge is 0.408 e. The van der Waals surface area contributed by atoms with Gasteiger partial charge in [-0.15, -0.1) is 0 Å². The summed E-state index contributed by atoms with van der Waals surface area (Å²) in [5.41, 5.74) is 0.815. The number of aliphatic hydroxyl groups excluding tert-OH is 1. The molecule has 0 fully saturated rings. The fraction of sp³-hybridized carbons (Fsp3) is 0.286. The molecule has 0 unspecified atom stereocenters. The van der Waals surface area contributed by atoms with Crippen LogP contribution in [0.15, 0.2) is 42.5 Å². The summed E-state index contributed by atoms with van der Waals surface area (Å²) in [5.74, 6) is -1.16. The molecule has 0 aliphatic rings. The zero-order valence-corrected chi connectivity index (χ0v) is 10.9. The first kappa shape index (κ1) is 15.7. The second kappa shape index (κ2) is 8.71. The summed E-state index contributed by atoms with van der Waals surface area (Å²) in [6, 6.07) is 7.99. The first-order valence-electron chi connectivity index (χ1n) is 6.09. The van der Waals surface area contributed by atoms with Gasteiger partial charge in [0.1, 0.15) is 12.6 Å². The van der Waals surface area contributed by atoms with E-state index < -0.39 is 18.1 Å². The van der Waals surface area contributed by atoms with Gasteiger partial charge in [0, 0.05) is 0 Å². The van der Waals surface area contributed by atoms with Crippen molar-refractivity contribution in [1.82, 2.24) is 5.32 Å². The van der Waals surface area contributed by atoms with Gasteiger partial charge in [-0.2, -0.15) is 0 Å². The lowest BCUT2D eigenvalue weighted by Crippen LogP contribution is -2.40. The van der Waals surface area contributed by atoms with Crippen LogP contribution in [0.1, 0.15) is 12.0 Å². The SMILES string of the molecule is O=C(N[C@@H](C/C=C/CO)C(=O)O)OCc1ccccc1. The Morgan fingerprint density at radius 3 is 2.55 bits per heavy atom. The minimum atomic E-state index is -1.16. The number of carboxylic acids is 1. The summed E-state index contributed by atoms with van der Waals surface area (Å²) in [7, 11) is 0. The van der Waals surface area contributed by atoms with Crippen molar-refractivity contribution in [2.24, 2.45) is 0 Å². The number of rotatable bonds is 7. The minimum Gasteiger partial charge on any atom is -0.480 e. The van der Waals surface area contributed by atoms with Gasteiger partial charge in [-0.1, -0.05) is 42.5 Å². The first-order chi connectivity index (χ1) is 9.63. The van der Waals surface area contributed by atoms with E-state index in [0.717, 1.165) is 5.56 Å². The lowest BCUT2D eigenvalue weighted by molar-refractivity contribution is -0.139. The zero-order valence-electron chi connectivity index (χ0n) is 10.9. The molecule has 0 aliphatic heterocycles. The number of carbonyl (C=O) groups excluding carboxylic acids is 1. The lowest BCUT2D eigenvalue weighted by atomic mass is 10.2. The molecule has 6 heteroatoms. The average Bonchev–Trinajstić information content (AvgIpc) is 2.45. The third-order valence-electron chi connectivity index (χ3n) is 2.45. The molecule has 1 aromatic carbocycles. The maximum atomic E-state index is 11.5. The Hall–Kier alpha value is -2.34. The second-order valence-electron chi connectivity index (χ2n) is 3.99. The highest BCUT2D eigenvalue weighted by Gasteiger charge is 2.19. The Labute approximate surface area is 116 Å². The quantitative estimate of drug-likeness (QED) is 0.654. The normalized spacial score (nSPS) is 12.1. The van der Waals surface area contributed by atoms with E-state index in [1.165, 1.54) is 12.2 Å². The van der Waals surface area contributed by atoms with Crippen molar-refractivity contribution in [1.29, 1.82) is 0 Å². The Morgan fingerprint density at radius 1 is 1.25 bits per heavy atom. The highest BCUT2D eigenvalue weighted by Crippen LogP contribution is 2.01. The molecule has 1 rings (SSSR count). The number of alkyl carbamates (subject to hydrolysis) is 1. The molecule has 0 bridgehead atoms. The highest BCUT2D eigenvalue weighted by molar-refractivity contribution is 5.80. The predicted octanol–water partition coefficient (Wildman–Crippen LogP) is 1.30. The van der Waals surface area contributed by atoms with Crippen LogP contribution in [-0.4, -0.2) is 34.9 Å². The molecular weight excluding hydrogens is 262 g/mol. The van der Waals surface area contributed by atoms with Crippen molar-refractivity contribution >= 4 is 12.1 Å². The summed E-state index contributed by atoms with van der Waals surface area (Å²) >= 11 is 0. The van der Waals surface area contributed by atoms with Crippen LogP contribution in [0, 0.1) is 0 Å². The fourth-order valence-corrected chi connectivity index (χ4v) is 1.44. The third-order valence-corrected chi connectivity index (χ3v) is 2.45. The summed E-state index contributed by atoms with van der Waals surface area (Å²) in [6.07, 6.45) is 2.18. The fourth-order valence-electron chi connectivity index (χ4n) is 1.44. The van der Waals surface area contributed by atoms with Gasteiger partial charge < -0.3 is 20.3 Å². The molecule has 0 radical (unpaired) electrons. The third kappa shape index (κ3) is 6.01. The number of amides is 1. The largest absolute Gasteiger partial charge is 0.480 e. The number of ether oxygens (including phenoxy) is 1. The maximum Gasteiger partial charge on any atom is 0.408 e. The standard InChI is InChI=1S/C14H17NO5/c16-9-5-4-8-12(13(17)18)15-14(19)20-10-11-6-2-1-3-7-11/h1-7,12,16H,8-10H2,(H,15,19)(H,17,18)/b5-4+/t12-/m0/s1. The van der Waals surface area contributed by atoms with Gasteiger partial charge in [-0.05, 0) is 12.0 Å². The number of hydrogen-bond donors (Lipinski definition) is 3. The monoisotopic (exact) mass is 279 g/mol. The Kier molecular flexibility index (Phi) is 6.84. The molecule has 108 valence electrons. The predicted molar refractivity (Wildman–Crippen MR) is 72.0 cm³/mol. The van der Waals surface area contributed by atoms with Crippen LogP contribution in [-0.2, 0) is 16.1 Å². The number of benzene rings is 1. The number of aliphatic carboxylic acids is 1. The lowest BCUT2D eigenvalue weighted by Gasteiger charge is -2.12. The van der Waals surface area contributed by atoms with E-state index in [0.29, 0.717) is 0 Å². The van der Waals surface area contributed by atoms with Gasteiger partial charge in [-0.25, -0.2) is 9.59 Å². The van der Waals surface area contributed by atoms with Crippen LogP contribution in [0.25, 0.3) is 0 Å². The van der Waals surface area contributed by atoms with E-state index in [9.17, 15) is 9.59 Å². The van der Waals surface area contributed by atoms with Gasteiger partial charge >= 0.3 is 12.1 Å². The topological polar surface area (TPSA) is 95.9 Å². The Balaban J connectivity index is 2.41. The average molecular weight is 279 g/mol. The minimum absolute atomic E-state index is 0.0749. The van der Waals surface area contributed by atoms with Gasteiger partial charge in [0.2, 0.25) is 0 Å². The molecule has 0 aromatic heterocycles. The van der Waals surface area contributed by atoms with Crippen LogP contribution < -0.4 is 5.32 Å². The van der Waals surface area contributed by atoms with Crippen molar-refractivity contribution in [2.45, 2.75) is 19.1 Å². The molecule has 20 heavy (non-hydrogen) atoms. The summed E-state index contributed by atoms with van der Waals surface area (Å²) in [6.45, 7) is -0.101. The maximum absolute atomic E-state index is 11.5. The summed E-state index contributed by atoms with van der Waals surface area (Å²) in [4.78, 5) is 22.4. The number of nitrogens with one attached hydrogen (secondary N) is 1. The van der Waals surface area contributed by atoms with Crippen LogP contribution in [0.4, 0.5) is 4.79 Å². The Bertz CT molecular complexity index is 458. The summed E-state index contributed by atoms with van der Waals surface area (Å²) in [5, 5.41) is 19.8. The number of carbonyl (C=O) groups is 2. The van der Waals surface area contributed by atoms with Crippen LogP contribution in [0.3, 0.4) is 0 Å². The molecule has 1 aromatic rings. The highest BCUT2D eigenvalue weighted by atomic mass is 16.5. The number of carboxylic acid groups (broad SMARTS) is 1.